The number of thiazole rings is 1. The Morgan fingerprint density at radius 2 is 1.93 bits per heavy atom. The predicted molar refractivity (Wildman–Crippen MR) is 63.7 cm³/mol. The number of hydrogen-bond acceptors (Lipinski definition) is 2. The fraction of sp³-hybridized carbons (Fsp3) is 0.182. The third-order valence-corrected chi connectivity index (χ3v) is 3.61. The number of aryl methyl sites for hydroxylation is 2. The Morgan fingerprint density at radius 1 is 1.14 bits per heavy atom. The van der Waals surface area contributed by atoms with Gasteiger partial charge in [-0.25, -0.2) is 4.98 Å². The summed E-state index contributed by atoms with van der Waals surface area (Å²) < 4.78 is 0.950. The van der Waals surface area contributed by atoms with Crippen LogP contribution >= 0.6 is 27.3 Å². The summed E-state index contributed by atoms with van der Waals surface area (Å²) in [5.74, 6) is 0. The monoisotopic (exact) mass is 267 g/mol. The molecule has 0 aliphatic carbocycles. The van der Waals surface area contributed by atoms with Crippen molar-refractivity contribution >= 4 is 27.3 Å². The van der Waals surface area contributed by atoms with Gasteiger partial charge in [-0.2, -0.15) is 0 Å². The van der Waals surface area contributed by atoms with Crippen molar-refractivity contribution in [2.75, 3.05) is 0 Å². The first-order valence-electron chi connectivity index (χ1n) is 4.48. The molecule has 0 atom stereocenters. The molecule has 2 aromatic rings. The summed E-state index contributed by atoms with van der Waals surface area (Å²) in [6.45, 7) is 0. The lowest BCUT2D eigenvalue weighted by atomic mass is 10.1. The maximum atomic E-state index is 4.36. The Labute approximate surface area is 95.9 Å². The molecule has 0 fully saturated rings. The topological polar surface area (TPSA) is 12.9 Å². The second kappa shape index (κ2) is 4.71. The Balaban J connectivity index is 1.95. The van der Waals surface area contributed by atoms with E-state index in [0.717, 1.165) is 17.4 Å². The molecule has 1 heterocycles. The van der Waals surface area contributed by atoms with Gasteiger partial charge in [-0.3, -0.25) is 0 Å². The van der Waals surface area contributed by atoms with E-state index in [1.165, 1.54) is 10.6 Å². The van der Waals surface area contributed by atoms with Gasteiger partial charge in [-0.1, -0.05) is 30.3 Å². The van der Waals surface area contributed by atoms with E-state index >= 15 is 0 Å². The van der Waals surface area contributed by atoms with Crippen molar-refractivity contribution in [3.8, 4) is 0 Å². The highest BCUT2D eigenvalue weighted by Gasteiger charge is 1.99. The second-order valence-electron chi connectivity index (χ2n) is 3.05. The number of nitrogens with zero attached hydrogens (tertiary/aromatic N) is 1. The first-order valence-corrected chi connectivity index (χ1v) is 6.16. The zero-order chi connectivity index (χ0) is 9.80. The molecular weight excluding hydrogens is 258 g/mol. The molecule has 72 valence electrons. The molecule has 0 amide bonds. The summed E-state index contributed by atoms with van der Waals surface area (Å²) in [6.07, 6.45) is 2.10. The van der Waals surface area contributed by atoms with Crippen LogP contribution in [0.15, 0.2) is 40.3 Å². The minimum absolute atomic E-state index is 0.950. The fourth-order valence-corrected chi connectivity index (χ4v) is 2.57. The van der Waals surface area contributed by atoms with Crippen LogP contribution < -0.4 is 0 Å². The average molecular weight is 268 g/mol. The smallest absolute Gasteiger partial charge is 0.117 e. The van der Waals surface area contributed by atoms with Gasteiger partial charge in [0, 0.05) is 11.8 Å². The SMILES string of the molecule is Brc1csc(CCc2ccccc2)n1. The van der Waals surface area contributed by atoms with E-state index in [1.807, 2.05) is 11.4 Å². The van der Waals surface area contributed by atoms with Gasteiger partial charge in [0.25, 0.3) is 0 Å². The summed E-state index contributed by atoms with van der Waals surface area (Å²) in [5.41, 5.74) is 1.37. The Kier molecular flexibility index (Phi) is 3.32. The third kappa shape index (κ3) is 2.66. The van der Waals surface area contributed by atoms with Crippen LogP contribution in [-0.2, 0) is 12.8 Å². The van der Waals surface area contributed by atoms with Crippen LogP contribution in [0.5, 0.6) is 0 Å². The lowest BCUT2D eigenvalue weighted by Crippen LogP contribution is -1.89. The minimum Gasteiger partial charge on any atom is -0.234 e. The van der Waals surface area contributed by atoms with Crippen molar-refractivity contribution in [1.29, 1.82) is 0 Å². The van der Waals surface area contributed by atoms with Crippen LogP contribution in [0, 0.1) is 0 Å². The molecule has 0 unspecified atom stereocenters. The fourth-order valence-electron chi connectivity index (χ4n) is 1.30. The van der Waals surface area contributed by atoms with E-state index in [2.05, 4.69) is 45.2 Å². The maximum Gasteiger partial charge on any atom is 0.117 e. The van der Waals surface area contributed by atoms with Gasteiger partial charge in [0.05, 0.1) is 5.01 Å². The first kappa shape index (κ1) is 9.87. The highest BCUT2D eigenvalue weighted by molar-refractivity contribution is 9.10. The van der Waals surface area contributed by atoms with Crippen molar-refractivity contribution in [3.05, 3.63) is 50.9 Å². The molecule has 0 N–H and O–H groups in total. The van der Waals surface area contributed by atoms with Gasteiger partial charge in [0.15, 0.2) is 0 Å². The van der Waals surface area contributed by atoms with Crippen molar-refractivity contribution in [3.63, 3.8) is 0 Å². The molecule has 3 heteroatoms. The van der Waals surface area contributed by atoms with E-state index in [4.69, 9.17) is 0 Å². The van der Waals surface area contributed by atoms with E-state index in [0.29, 0.717) is 0 Å². The van der Waals surface area contributed by atoms with Crippen LogP contribution in [0.1, 0.15) is 10.6 Å². The molecule has 1 nitrogen and oxygen atoms in total. The van der Waals surface area contributed by atoms with Crippen molar-refractivity contribution in [2.45, 2.75) is 12.8 Å². The summed E-state index contributed by atoms with van der Waals surface area (Å²) in [6, 6.07) is 10.5. The summed E-state index contributed by atoms with van der Waals surface area (Å²) in [5, 5.41) is 3.22. The summed E-state index contributed by atoms with van der Waals surface area (Å²) >= 11 is 5.07. The lowest BCUT2D eigenvalue weighted by molar-refractivity contribution is 0.940. The van der Waals surface area contributed by atoms with Crippen LogP contribution in [0.4, 0.5) is 0 Å². The van der Waals surface area contributed by atoms with Gasteiger partial charge < -0.3 is 0 Å². The standard InChI is InChI=1S/C11H10BrNS/c12-10-8-14-11(13-10)7-6-9-4-2-1-3-5-9/h1-5,8H,6-7H2. The quantitative estimate of drug-likeness (QED) is 0.827. The van der Waals surface area contributed by atoms with E-state index in [1.54, 1.807) is 11.3 Å². The normalized spacial score (nSPS) is 10.4. The molecule has 0 radical (unpaired) electrons. The first-order chi connectivity index (χ1) is 6.84. The van der Waals surface area contributed by atoms with Gasteiger partial charge in [0.1, 0.15) is 4.60 Å². The molecule has 0 saturated heterocycles. The van der Waals surface area contributed by atoms with Gasteiger partial charge >= 0.3 is 0 Å². The number of aromatic nitrogens is 1. The molecule has 14 heavy (non-hydrogen) atoms. The summed E-state index contributed by atoms with van der Waals surface area (Å²) in [7, 11) is 0. The van der Waals surface area contributed by atoms with Crippen molar-refractivity contribution in [2.24, 2.45) is 0 Å². The number of benzene rings is 1. The van der Waals surface area contributed by atoms with Crippen molar-refractivity contribution in [1.82, 2.24) is 4.98 Å². The molecule has 0 aliphatic rings. The molecule has 1 aromatic carbocycles. The third-order valence-electron chi connectivity index (χ3n) is 1.99. The molecule has 1 aromatic heterocycles. The zero-order valence-electron chi connectivity index (χ0n) is 7.61. The van der Waals surface area contributed by atoms with E-state index in [-0.39, 0.29) is 0 Å². The Bertz CT molecular complexity index is 397. The largest absolute Gasteiger partial charge is 0.234 e. The highest BCUT2D eigenvalue weighted by Crippen LogP contribution is 2.16. The van der Waals surface area contributed by atoms with E-state index in [9.17, 15) is 0 Å². The molecule has 0 aliphatic heterocycles. The second-order valence-corrected chi connectivity index (χ2v) is 4.80. The molecule has 0 spiro atoms. The van der Waals surface area contributed by atoms with Gasteiger partial charge in [-0.15, -0.1) is 11.3 Å². The van der Waals surface area contributed by atoms with E-state index < -0.39 is 0 Å². The maximum absolute atomic E-state index is 4.36. The van der Waals surface area contributed by atoms with Gasteiger partial charge in [-0.05, 0) is 27.9 Å². The average Bonchev–Trinajstić information content (AvgIpc) is 2.63. The molecule has 0 saturated carbocycles. The molecule has 0 bridgehead atoms. The zero-order valence-corrected chi connectivity index (χ0v) is 10.0. The molecule has 2 rings (SSSR count). The van der Waals surface area contributed by atoms with Crippen LogP contribution in [0.25, 0.3) is 0 Å². The number of halogens is 1. The van der Waals surface area contributed by atoms with Crippen LogP contribution in [0.3, 0.4) is 0 Å². The minimum atomic E-state index is 0.950. The van der Waals surface area contributed by atoms with Crippen molar-refractivity contribution < 1.29 is 0 Å². The molecular formula is C11H10BrNS. The Hall–Kier alpha value is -0.670. The highest BCUT2D eigenvalue weighted by atomic mass is 79.9. The van der Waals surface area contributed by atoms with Crippen LogP contribution in [-0.4, -0.2) is 4.98 Å². The number of rotatable bonds is 3. The Morgan fingerprint density at radius 3 is 2.57 bits per heavy atom. The lowest BCUT2D eigenvalue weighted by Gasteiger charge is -1.97. The van der Waals surface area contributed by atoms with Crippen LogP contribution in [0.2, 0.25) is 0 Å². The predicted octanol–water partition coefficient (Wildman–Crippen LogP) is 3.69. The number of hydrogen-bond donors (Lipinski definition) is 0. The summed E-state index contributed by atoms with van der Waals surface area (Å²) in [4.78, 5) is 4.36. The van der Waals surface area contributed by atoms with Gasteiger partial charge in [0.2, 0.25) is 0 Å².